The van der Waals surface area contributed by atoms with E-state index in [-0.39, 0.29) is 59.7 Å². The number of hydrogen-bond donors (Lipinski definition) is 2. The van der Waals surface area contributed by atoms with Crippen molar-refractivity contribution >= 4 is 45.5 Å². The van der Waals surface area contributed by atoms with Gasteiger partial charge in [0.05, 0.1) is 11.5 Å². The van der Waals surface area contributed by atoms with E-state index in [2.05, 4.69) is 15.0 Å². The van der Waals surface area contributed by atoms with Gasteiger partial charge in [0.2, 0.25) is 0 Å². The fourth-order valence-electron chi connectivity index (χ4n) is 2.42. The van der Waals surface area contributed by atoms with Gasteiger partial charge in [-0.15, -0.1) is 37.1 Å². The van der Waals surface area contributed by atoms with E-state index in [9.17, 15) is 21.6 Å². The Labute approximate surface area is 161 Å². The lowest BCUT2D eigenvalue weighted by Crippen LogP contribution is -2.29. The molecule has 2 rings (SSSR count). The number of alkyl halides is 3. The summed E-state index contributed by atoms with van der Waals surface area (Å²) in [5.74, 6) is -0.00863. The third-order valence-corrected chi connectivity index (χ3v) is 5.33. The Hall–Kier alpha value is -1.24. The van der Waals surface area contributed by atoms with Gasteiger partial charge in [0.15, 0.2) is 15.8 Å². The first-order valence-corrected chi connectivity index (χ1v) is 9.08. The Balaban J connectivity index is 0.00000312. The molecule has 1 saturated heterocycles. The number of ether oxygens (including phenoxy) is 1. The van der Waals surface area contributed by atoms with Crippen LogP contribution in [0.5, 0.6) is 5.75 Å². The molecular formula is C14H19F3IN3O3S. The Bertz CT molecular complexity index is 694. The lowest BCUT2D eigenvalue weighted by Gasteiger charge is -2.20. The molecule has 1 aliphatic heterocycles. The average molecular weight is 493 g/mol. The highest BCUT2D eigenvalue weighted by atomic mass is 127. The summed E-state index contributed by atoms with van der Waals surface area (Å²) in [7, 11) is -2.99. The Morgan fingerprint density at radius 3 is 2.52 bits per heavy atom. The molecule has 0 amide bonds. The van der Waals surface area contributed by atoms with Gasteiger partial charge in [-0.25, -0.2) is 8.42 Å². The molecule has 0 bridgehead atoms. The number of halogens is 4. The minimum Gasteiger partial charge on any atom is -0.406 e. The molecule has 11 heteroatoms. The van der Waals surface area contributed by atoms with Crippen molar-refractivity contribution in [1.29, 1.82) is 0 Å². The van der Waals surface area contributed by atoms with Crippen molar-refractivity contribution in [2.75, 3.05) is 23.4 Å². The van der Waals surface area contributed by atoms with Crippen LogP contribution in [0, 0.1) is 5.92 Å². The highest BCUT2D eigenvalue weighted by Gasteiger charge is 2.31. The van der Waals surface area contributed by atoms with Crippen molar-refractivity contribution < 1.29 is 26.3 Å². The first-order valence-electron chi connectivity index (χ1n) is 7.26. The van der Waals surface area contributed by atoms with E-state index in [0.717, 1.165) is 18.6 Å². The van der Waals surface area contributed by atoms with Gasteiger partial charge in [0, 0.05) is 12.2 Å². The largest absolute Gasteiger partial charge is 0.573 e. The molecule has 3 N–H and O–H groups in total. The summed E-state index contributed by atoms with van der Waals surface area (Å²) >= 11 is 0. The molecule has 142 valence electrons. The molecule has 1 atom stereocenters. The van der Waals surface area contributed by atoms with Gasteiger partial charge >= 0.3 is 6.36 Å². The van der Waals surface area contributed by atoms with Crippen LogP contribution in [0.1, 0.15) is 12.8 Å². The highest BCUT2D eigenvalue weighted by Crippen LogP contribution is 2.24. The number of benzene rings is 1. The van der Waals surface area contributed by atoms with E-state index >= 15 is 0 Å². The number of nitrogens with two attached hydrogens (primary N) is 1. The number of anilines is 1. The zero-order chi connectivity index (χ0) is 17.8. The van der Waals surface area contributed by atoms with Crippen LogP contribution in [-0.2, 0) is 9.84 Å². The van der Waals surface area contributed by atoms with Crippen LogP contribution in [0.15, 0.2) is 29.3 Å². The molecule has 6 nitrogen and oxygen atoms in total. The molecule has 1 aliphatic rings. The van der Waals surface area contributed by atoms with Gasteiger partial charge in [-0.1, -0.05) is 0 Å². The minimum absolute atomic E-state index is 0. The molecule has 1 aromatic carbocycles. The molecule has 0 spiro atoms. The summed E-state index contributed by atoms with van der Waals surface area (Å²) in [5, 5.41) is 2.73. The molecule has 1 fully saturated rings. The quantitative estimate of drug-likeness (QED) is 0.383. The number of hydrogen-bond acceptors (Lipinski definition) is 4. The average Bonchev–Trinajstić information content (AvgIpc) is 2.45. The summed E-state index contributed by atoms with van der Waals surface area (Å²) in [6.45, 7) is 0.285. The maximum Gasteiger partial charge on any atom is 0.573 e. The smallest absolute Gasteiger partial charge is 0.406 e. The van der Waals surface area contributed by atoms with E-state index in [1.54, 1.807) is 0 Å². The molecule has 1 heterocycles. The maximum absolute atomic E-state index is 12.1. The Morgan fingerprint density at radius 1 is 1.32 bits per heavy atom. The third-order valence-electron chi connectivity index (χ3n) is 3.44. The second-order valence-corrected chi connectivity index (χ2v) is 7.77. The predicted molar refractivity (Wildman–Crippen MR) is 100 cm³/mol. The van der Waals surface area contributed by atoms with Crippen LogP contribution in [0.3, 0.4) is 0 Å². The number of aliphatic imine (C=N–C) groups is 1. The fourth-order valence-corrected chi connectivity index (χ4v) is 4.18. The van der Waals surface area contributed by atoms with Crippen molar-refractivity contribution in [3.63, 3.8) is 0 Å². The predicted octanol–water partition coefficient (Wildman–Crippen LogP) is 2.75. The topological polar surface area (TPSA) is 93.8 Å². The molecular weight excluding hydrogens is 474 g/mol. The molecule has 0 aromatic heterocycles. The Kier molecular flexibility index (Phi) is 7.78. The zero-order valence-electron chi connectivity index (χ0n) is 13.1. The first kappa shape index (κ1) is 21.8. The third kappa shape index (κ3) is 8.12. The normalized spacial score (nSPS) is 20.4. The van der Waals surface area contributed by atoms with Crippen molar-refractivity contribution in [2.45, 2.75) is 19.2 Å². The summed E-state index contributed by atoms with van der Waals surface area (Å²) < 4.78 is 63.0. The van der Waals surface area contributed by atoms with Crippen molar-refractivity contribution in [3.8, 4) is 5.75 Å². The fraction of sp³-hybridized carbons (Fsp3) is 0.500. The molecule has 1 unspecified atom stereocenters. The van der Waals surface area contributed by atoms with Crippen LogP contribution in [0.25, 0.3) is 0 Å². The van der Waals surface area contributed by atoms with E-state index in [1.807, 2.05) is 0 Å². The minimum atomic E-state index is -4.74. The number of nitrogens with zero attached hydrogens (tertiary/aromatic N) is 1. The van der Waals surface area contributed by atoms with E-state index in [1.165, 1.54) is 12.1 Å². The standard InChI is InChI=1S/C14H18F3N3O3S.HI/c15-14(16,17)23-12-5-3-11(4-6-12)20-13(18)19-8-10-2-1-7-24(21,22)9-10;/h3-6,10H,1-2,7-9H2,(H3,18,19,20);1H. The van der Waals surface area contributed by atoms with Gasteiger partial charge in [-0.05, 0) is 43.0 Å². The highest BCUT2D eigenvalue weighted by molar-refractivity contribution is 14.0. The van der Waals surface area contributed by atoms with E-state index < -0.39 is 16.2 Å². The number of sulfone groups is 1. The van der Waals surface area contributed by atoms with Gasteiger partial charge in [0.1, 0.15) is 5.75 Å². The van der Waals surface area contributed by atoms with Crippen LogP contribution in [0.2, 0.25) is 0 Å². The zero-order valence-corrected chi connectivity index (χ0v) is 16.3. The monoisotopic (exact) mass is 493 g/mol. The molecule has 1 aromatic rings. The molecule has 0 saturated carbocycles. The van der Waals surface area contributed by atoms with Crippen LogP contribution in [0.4, 0.5) is 18.9 Å². The van der Waals surface area contributed by atoms with Crippen molar-refractivity contribution in [1.82, 2.24) is 0 Å². The number of guanidine groups is 1. The summed E-state index contributed by atoms with van der Waals surface area (Å²) in [5.41, 5.74) is 6.15. The summed E-state index contributed by atoms with van der Waals surface area (Å²) in [6.07, 6.45) is -3.34. The number of nitrogens with one attached hydrogen (secondary N) is 1. The van der Waals surface area contributed by atoms with E-state index in [4.69, 9.17) is 5.73 Å². The second-order valence-electron chi connectivity index (χ2n) is 5.55. The number of rotatable bonds is 4. The van der Waals surface area contributed by atoms with Crippen LogP contribution < -0.4 is 15.8 Å². The molecule has 25 heavy (non-hydrogen) atoms. The molecule has 0 radical (unpaired) electrons. The van der Waals surface area contributed by atoms with Gasteiger partial charge in [-0.3, -0.25) is 4.99 Å². The lowest BCUT2D eigenvalue weighted by molar-refractivity contribution is -0.274. The molecule has 0 aliphatic carbocycles. The van der Waals surface area contributed by atoms with Gasteiger partial charge in [0.25, 0.3) is 0 Å². The van der Waals surface area contributed by atoms with E-state index in [0.29, 0.717) is 12.1 Å². The van der Waals surface area contributed by atoms with Gasteiger partial charge in [-0.2, -0.15) is 0 Å². The van der Waals surface area contributed by atoms with Crippen LogP contribution >= 0.6 is 24.0 Å². The van der Waals surface area contributed by atoms with Crippen molar-refractivity contribution in [2.24, 2.45) is 16.6 Å². The second kappa shape index (κ2) is 8.92. The lowest BCUT2D eigenvalue weighted by atomic mass is 10.1. The SMILES string of the molecule is I.NC(=NCC1CCCS(=O)(=O)C1)Nc1ccc(OC(F)(F)F)cc1. The summed E-state index contributed by atoms with van der Waals surface area (Å²) in [6, 6.07) is 5.04. The maximum atomic E-state index is 12.1. The first-order chi connectivity index (χ1) is 11.1. The summed E-state index contributed by atoms with van der Waals surface area (Å²) in [4.78, 5) is 4.10. The van der Waals surface area contributed by atoms with Gasteiger partial charge < -0.3 is 15.8 Å². The van der Waals surface area contributed by atoms with Crippen molar-refractivity contribution in [3.05, 3.63) is 24.3 Å². The van der Waals surface area contributed by atoms with Crippen LogP contribution in [-0.4, -0.2) is 38.8 Å². The Morgan fingerprint density at radius 2 is 1.96 bits per heavy atom.